The molecule has 0 aliphatic carbocycles. The third-order valence-electron chi connectivity index (χ3n) is 3.66. The quantitative estimate of drug-likeness (QED) is 0.904. The molecule has 0 spiro atoms. The lowest BCUT2D eigenvalue weighted by Gasteiger charge is -2.15. The van der Waals surface area contributed by atoms with Crippen molar-refractivity contribution in [2.75, 3.05) is 13.1 Å². The summed E-state index contributed by atoms with van der Waals surface area (Å²) in [5.41, 5.74) is 7.43. The maximum atomic E-state index is 12.4. The lowest BCUT2D eigenvalue weighted by Crippen LogP contribution is -2.31. The summed E-state index contributed by atoms with van der Waals surface area (Å²) >= 11 is 4.85. The highest BCUT2D eigenvalue weighted by Gasteiger charge is 2.34. The first-order valence-electron chi connectivity index (χ1n) is 6.49. The first-order chi connectivity index (χ1) is 9.65. The van der Waals surface area contributed by atoms with Crippen LogP contribution in [0.2, 0.25) is 0 Å². The number of rotatable bonds is 2. The number of benzene rings is 1. The molecule has 2 atom stereocenters. The largest absolute Gasteiger partial charge is 0.336 e. The monoisotopic (exact) mass is 350 g/mol. The minimum Gasteiger partial charge on any atom is -0.336 e. The van der Waals surface area contributed by atoms with E-state index < -0.39 is 0 Å². The topological polar surface area (TPSA) is 46.3 Å². The third-order valence-corrected chi connectivity index (χ3v) is 5.34. The second-order valence-electron chi connectivity index (χ2n) is 5.02. The van der Waals surface area contributed by atoms with Crippen LogP contribution in [0.3, 0.4) is 0 Å². The lowest BCUT2D eigenvalue weighted by molar-refractivity contribution is 0.0794. The average molecular weight is 351 g/mol. The third kappa shape index (κ3) is 2.66. The summed E-state index contributed by atoms with van der Waals surface area (Å²) < 4.78 is 0.953. The van der Waals surface area contributed by atoms with Gasteiger partial charge in [0, 0.05) is 34.9 Å². The van der Waals surface area contributed by atoms with Crippen LogP contribution in [0.4, 0.5) is 0 Å². The van der Waals surface area contributed by atoms with Crippen molar-refractivity contribution < 1.29 is 4.79 Å². The highest BCUT2D eigenvalue weighted by molar-refractivity contribution is 9.10. The molecular formula is C15H15BrN2OS. The number of carbonyl (C=O) groups is 1. The molecule has 3 rings (SSSR count). The van der Waals surface area contributed by atoms with E-state index in [0.717, 1.165) is 9.35 Å². The maximum Gasteiger partial charge on any atom is 0.264 e. The molecule has 2 heterocycles. The Morgan fingerprint density at radius 3 is 2.70 bits per heavy atom. The van der Waals surface area contributed by atoms with Crippen LogP contribution in [-0.4, -0.2) is 29.9 Å². The van der Waals surface area contributed by atoms with Gasteiger partial charge in [-0.25, -0.2) is 0 Å². The Hall–Kier alpha value is -1.17. The number of hydrogen-bond donors (Lipinski definition) is 1. The van der Waals surface area contributed by atoms with Crippen LogP contribution in [0, 0.1) is 0 Å². The van der Waals surface area contributed by atoms with Crippen molar-refractivity contribution in [1.29, 1.82) is 0 Å². The fourth-order valence-electron chi connectivity index (χ4n) is 2.63. The van der Waals surface area contributed by atoms with E-state index in [2.05, 4.69) is 28.1 Å². The summed E-state index contributed by atoms with van der Waals surface area (Å²) in [6.45, 7) is 1.31. The average Bonchev–Trinajstić information content (AvgIpc) is 3.05. The van der Waals surface area contributed by atoms with Crippen LogP contribution in [-0.2, 0) is 0 Å². The summed E-state index contributed by atoms with van der Waals surface area (Å²) in [7, 11) is 0. The van der Waals surface area contributed by atoms with E-state index >= 15 is 0 Å². The Kier molecular flexibility index (Phi) is 3.92. The smallest absolute Gasteiger partial charge is 0.264 e. The van der Waals surface area contributed by atoms with Crippen LogP contribution < -0.4 is 5.73 Å². The molecule has 1 aromatic heterocycles. The van der Waals surface area contributed by atoms with Crippen molar-refractivity contribution in [3.05, 3.63) is 56.7 Å². The van der Waals surface area contributed by atoms with Crippen LogP contribution in [0.25, 0.3) is 0 Å². The molecule has 1 aromatic carbocycles. The molecule has 1 aliphatic heterocycles. The van der Waals surface area contributed by atoms with Crippen molar-refractivity contribution >= 4 is 33.2 Å². The molecule has 20 heavy (non-hydrogen) atoms. The van der Waals surface area contributed by atoms with Crippen molar-refractivity contribution in [2.24, 2.45) is 5.73 Å². The van der Waals surface area contributed by atoms with Gasteiger partial charge in [-0.05, 0) is 27.6 Å². The Balaban J connectivity index is 1.77. The van der Waals surface area contributed by atoms with Crippen molar-refractivity contribution in [1.82, 2.24) is 4.90 Å². The fourth-order valence-corrected chi connectivity index (χ4v) is 4.02. The summed E-state index contributed by atoms with van der Waals surface area (Å²) in [6.07, 6.45) is 0. The van der Waals surface area contributed by atoms with E-state index in [4.69, 9.17) is 5.73 Å². The molecule has 104 valence electrons. The second kappa shape index (κ2) is 5.68. The summed E-state index contributed by atoms with van der Waals surface area (Å²) in [4.78, 5) is 15.1. The molecule has 5 heteroatoms. The zero-order valence-corrected chi connectivity index (χ0v) is 13.2. The van der Waals surface area contributed by atoms with Gasteiger partial charge in [-0.2, -0.15) is 0 Å². The number of hydrogen-bond acceptors (Lipinski definition) is 3. The number of thiophene rings is 1. The first-order valence-corrected chi connectivity index (χ1v) is 8.16. The van der Waals surface area contributed by atoms with Gasteiger partial charge in [0.15, 0.2) is 0 Å². The van der Waals surface area contributed by atoms with Gasteiger partial charge in [-0.1, -0.05) is 30.3 Å². The SMILES string of the molecule is N[C@@H]1CN(C(=O)c2cc(Br)cs2)C[C@H]1c1ccccc1. The number of nitrogens with two attached hydrogens (primary N) is 1. The van der Waals surface area contributed by atoms with Gasteiger partial charge < -0.3 is 10.6 Å². The highest BCUT2D eigenvalue weighted by Crippen LogP contribution is 2.29. The molecule has 1 aliphatic rings. The summed E-state index contributed by atoms with van der Waals surface area (Å²) in [5, 5.41) is 1.93. The number of nitrogens with zero attached hydrogens (tertiary/aromatic N) is 1. The van der Waals surface area contributed by atoms with Crippen molar-refractivity contribution in [3.8, 4) is 0 Å². The van der Waals surface area contributed by atoms with Crippen LogP contribution >= 0.6 is 27.3 Å². The van der Waals surface area contributed by atoms with E-state index in [1.165, 1.54) is 16.9 Å². The standard InChI is InChI=1S/C15H15BrN2OS/c16-11-6-14(20-9-11)15(19)18-7-12(13(17)8-18)10-4-2-1-3-5-10/h1-6,9,12-13H,7-8,17H2/t12-,13+/m0/s1. The molecule has 0 bridgehead atoms. The Morgan fingerprint density at radius 2 is 2.05 bits per heavy atom. The molecule has 0 unspecified atom stereocenters. The molecule has 2 aromatic rings. The van der Waals surface area contributed by atoms with Crippen LogP contribution in [0.1, 0.15) is 21.2 Å². The molecule has 1 fully saturated rings. The van der Waals surface area contributed by atoms with Gasteiger partial charge in [0.2, 0.25) is 0 Å². The van der Waals surface area contributed by atoms with E-state index in [9.17, 15) is 4.79 Å². The number of carbonyl (C=O) groups excluding carboxylic acids is 1. The lowest BCUT2D eigenvalue weighted by atomic mass is 9.95. The van der Waals surface area contributed by atoms with E-state index in [-0.39, 0.29) is 17.9 Å². The van der Waals surface area contributed by atoms with Gasteiger partial charge in [-0.3, -0.25) is 4.79 Å². The van der Waals surface area contributed by atoms with Crippen molar-refractivity contribution in [2.45, 2.75) is 12.0 Å². The van der Waals surface area contributed by atoms with Gasteiger partial charge in [0.05, 0.1) is 4.88 Å². The van der Waals surface area contributed by atoms with Gasteiger partial charge in [0.25, 0.3) is 5.91 Å². The first kappa shape index (κ1) is 13.8. The zero-order chi connectivity index (χ0) is 14.1. The molecule has 0 radical (unpaired) electrons. The van der Waals surface area contributed by atoms with Crippen LogP contribution in [0.15, 0.2) is 46.3 Å². The summed E-state index contributed by atoms with van der Waals surface area (Å²) in [5.74, 6) is 0.304. The Bertz CT molecular complexity index is 613. The highest BCUT2D eigenvalue weighted by atomic mass is 79.9. The van der Waals surface area contributed by atoms with Gasteiger partial charge in [0.1, 0.15) is 0 Å². The van der Waals surface area contributed by atoms with Gasteiger partial charge in [-0.15, -0.1) is 11.3 Å². The molecule has 3 nitrogen and oxygen atoms in total. The molecule has 2 N–H and O–H groups in total. The zero-order valence-electron chi connectivity index (χ0n) is 10.8. The van der Waals surface area contributed by atoms with E-state index in [1.54, 1.807) is 0 Å². The number of likely N-dealkylation sites (tertiary alicyclic amines) is 1. The predicted octanol–water partition coefficient (Wildman–Crippen LogP) is 3.08. The Labute approximate surface area is 130 Å². The molecular weight excluding hydrogens is 336 g/mol. The number of amides is 1. The predicted molar refractivity (Wildman–Crippen MR) is 85.1 cm³/mol. The van der Waals surface area contributed by atoms with E-state index in [1.807, 2.05) is 34.5 Å². The van der Waals surface area contributed by atoms with Crippen LogP contribution in [0.5, 0.6) is 0 Å². The molecule has 1 amide bonds. The van der Waals surface area contributed by atoms with Crippen molar-refractivity contribution in [3.63, 3.8) is 0 Å². The van der Waals surface area contributed by atoms with E-state index in [0.29, 0.717) is 13.1 Å². The number of halogens is 1. The summed E-state index contributed by atoms with van der Waals surface area (Å²) in [6, 6.07) is 12.1. The normalized spacial score (nSPS) is 22.2. The molecule has 1 saturated heterocycles. The van der Waals surface area contributed by atoms with Gasteiger partial charge >= 0.3 is 0 Å². The fraction of sp³-hybridized carbons (Fsp3) is 0.267. The minimum atomic E-state index is 0.00440. The molecule has 0 saturated carbocycles. The minimum absolute atomic E-state index is 0.00440. The Morgan fingerprint density at radius 1 is 1.30 bits per heavy atom. The second-order valence-corrected chi connectivity index (χ2v) is 6.85. The maximum absolute atomic E-state index is 12.4.